The number of nitro benzene ring substituents is 1. The number of nitrogens with zero attached hydrogens (tertiary/aromatic N) is 2. The zero-order valence-electron chi connectivity index (χ0n) is 14.9. The first kappa shape index (κ1) is 19.3. The van der Waals surface area contributed by atoms with Crippen molar-refractivity contribution in [2.45, 2.75) is 13.5 Å². The van der Waals surface area contributed by atoms with E-state index in [0.29, 0.717) is 6.54 Å². The molecule has 28 heavy (non-hydrogen) atoms. The van der Waals surface area contributed by atoms with E-state index in [1.165, 1.54) is 22.8 Å². The first-order valence-electron chi connectivity index (χ1n) is 8.35. The van der Waals surface area contributed by atoms with Gasteiger partial charge in [0.05, 0.1) is 11.5 Å². The number of aryl methyl sites for hydroxylation is 1. The molecule has 0 radical (unpaired) electrons. The second-order valence-electron chi connectivity index (χ2n) is 6.22. The number of rotatable bonds is 5. The van der Waals surface area contributed by atoms with Crippen LogP contribution >= 0.6 is 11.6 Å². The molecule has 142 valence electrons. The lowest BCUT2D eigenvalue weighted by Gasteiger charge is -2.10. The van der Waals surface area contributed by atoms with Crippen molar-refractivity contribution in [2.24, 2.45) is 0 Å². The van der Waals surface area contributed by atoms with Crippen LogP contribution in [0.3, 0.4) is 0 Å². The Morgan fingerprint density at radius 2 is 1.96 bits per heavy atom. The summed E-state index contributed by atoms with van der Waals surface area (Å²) in [5, 5.41) is 13.4. The normalized spacial score (nSPS) is 10.5. The molecule has 8 heteroatoms. The van der Waals surface area contributed by atoms with Gasteiger partial charge in [-0.25, -0.2) is 0 Å². The Bertz CT molecular complexity index is 1120. The molecule has 2 aromatic carbocycles. The van der Waals surface area contributed by atoms with E-state index in [2.05, 4.69) is 5.32 Å². The Labute approximate surface area is 165 Å². The van der Waals surface area contributed by atoms with E-state index in [9.17, 15) is 19.7 Å². The highest BCUT2D eigenvalue weighted by molar-refractivity contribution is 6.32. The molecule has 0 saturated carbocycles. The molecule has 0 aliphatic rings. The highest BCUT2D eigenvalue weighted by atomic mass is 35.5. The van der Waals surface area contributed by atoms with E-state index in [0.717, 1.165) is 17.2 Å². The molecule has 0 aliphatic heterocycles. The fourth-order valence-corrected chi connectivity index (χ4v) is 2.96. The van der Waals surface area contributed by atoms with E-state index in [4.69, 9.17) is 11.6 Å². The Morgan fingerprint density at radius 1 is 1.18 bits per heavy atom. The largest absolute Gasteiger partial charge is 0.322 e. The summed E-state index contributed by atoms with van der Waals surface area (Å²) >= 11 is 5.77. The number of anilines is 1. The van der Waals surface area contributed by atoms with Gasteiger partial charge in [-0.1, -0.05) is 41.4 Å². The van der Waals surface area contributed by atoms with Gasteiger partial charge in [-0.05, 0) is 36.8 Å². The van der Waals surface area contributed by atoms with Crippen molar-refractivity contribution >= 4 is 28.9 Å². The summed E-state index contributed by atoms with van der Waals surface area (Å²) in [7, 11) is 0. The Balaban J connectivity index is 1.86. The molecule has 0 atom stereocenters. The number of nitro groups is 1. The van der Waals surface area contributed by atoms with Crippen molar-refractivity contribution < 1.29 is 9.72 Å². The molecule has 0 fully saturated rings. The third-order valence-corrected chi connectivity index (χ3v) is 4.42. The molecule has 1 aromatic heterocycles. The molecule has 0 bridgehead atoms. The van der Waals surface area contributed by atoms with Crippen LogP contribution < -0.4 is 10.9 Å². The molecule has 0 unspecified atom stereocenters. The average molecular weight is 398 g/mol. The zero-order chi connectivity index (χ0) is 20.3. The van der Waals surface area contributed by atoms with Crippen molar-refractivity contribution in [1.82, 2.24) is 4.57 Å². The predicted octanol–water partition coefficient (Wildman–Crippen LogP) is 4.02. The van der Waals surface area contributed by atoms with Gasteiger partial charge in [-0.15, -0.1) is 0 Å². The number of amides is 1. The highest BCUT2D eigenvalue weighted by Gasteiger charge is 2.16. The molecule has 3 rings (SSSR count). The monoisotopic (exact) mass is 397 g/mol. The lowest BCUT2D eigenvalue weighted by molar-refractivity contribution is -0.384. The van der Waals surface area contributed by atoms with Gasteiger partial charge in [0, 0.05) is 18.0 Å². The topological polar surface area (TPSA) is 94.2 Å². The Kier molecular flexibility index (Phi) is 5.56. The fourth-order valence-electron chi connectivity index (χ4n) is 2.77. The molecule has 0 spiro atoms. The van der Waals surface area contributed by atoms with Crippen LogP contribution in [0.2, 0.25) is 5.02 Å². The molecule has 0 saturated heterocycles. The molecule has 1 heterocycles. The number of pyridine rings is 1. The maximum Gasteiger partial charge on any atom is 0.289 e. The minimum atomic E-state index is -0.653. The van der Waals surface area contributed by atoms with Crippen LogP contribution in [0.15, 0.2) is 65.6 Å². The SMILES string of the molecule is Cc1cccc(Cn2cccc(C(=O)Nc3ccc(Cl)c([N+](=O)[O-])c3)c2=O)c1. The number of benzene rings is 2. The number of carbonyl (C=O) groups is 1. The second-order valence-corrected chi connectivity index (χ2v) is 6.63. The third kappa shape index (κ3) is 4.27. The number of aromatic nitrogens is 1. The van der Waals surface area contributed by atoms with Gasteiger partial charge in [0.1, 0.15) is 10.6 Å². The van der Waals surface area contributed by atoms with Crippen molar-refractivity contribution in [1.29, 1.82) is 0 Å². The Hall–Kier alpha value is -3.45. The summed E-state index contributed by atoms with van der Waals surface area (Å²) in [5.41, 5.74) is 1.34. The van der Waals surface area contributed by atoms with Gasteiger partial charge < -0.3 is 9.88 Å². The Morgan fingerprint density at radius 3 is 2.68 bits per heavy atom. The van der Waals surface area contributed by atoms with Crippen LogP contribution in [0.4, 0.5) is 11.4 Å². The van der Waals surface area contributed by atoms with E-state index in [1.807, 2.05) is 31.2 Å². The number of nitrogens with one attached hydrogen (secondary N) is 1. The number of hydrogen-bond acceptors (Lipinski definition) is 4. The lowest BCUT2D eigenvalue weighted by atomic mass is 10.1. The van der Waals surface area contributed by atoms with Crippen LogP contribution in [0.1, 0.15) is 21.5 Å². The van der Waals surface area contributed by atoms with Crippen molar-refractivity contribution in [3.8, 4) is 0 Å². The molecule has 1 amide bonds. The van der Waals surface area contributed by atoms with Crippen molar-refractivity contribution in [3.63, 3.8) is 0 Å². The summed E-state index contributed by atoms with van der Waals surface area (Å²) in [6, 6.07) is 14.6. The van der Waals surface area contributed by atoms with Gasteiger partial charge in [0.2, 0.25) is 0 Å². The van der Waals surface area contributed by atoms with Crippen LogP contribution in [0.25, 0.3) is 0 Å². The summed E-state index contributed by atoms with van der Waals surface area (Å²) in [5.74, 6) is -0.653. The molecule has 7 nitrogen and oxygen atoms in total. The standard InChI is InChI=1S/C20H16ClN3O4/c1-13-4-2-5-14(10-13)12-23-9-3-6-16(20(23)26)19(25)22-15-7-8-17(21)18(11-15)24(27)28/h2-11H,12H2,1H3,(H,22,25). The maximum absolute atomic E-state index is 12.7. The van der Waals surface area contributed by atoms with E-state index >= 15 is 0 Å². The molecule has 1 N–H and O–H groups in total. The lowest BCUT2D eigenvalue weighted by Crippen LogP contribution is -2.29. The van der Waals surface area contributed by atoms with E-state index in [1.54, 1.807) is 12.3 Å². The summed E-state index contributed by atoms with van der Waals surface area (Å²) in [6.07, 6.45) is 1.61. The molecule has 0 aliphatic carbocycles. The van der Waals surface area contributed by atoms with Crippen molar-refractivity contribution in [3.05, 3.63) is 103 Å². The van der Waals surface area contributed by atoms with Crippen molar-refractivity contribution in [2.75, 3.05) is 5.32 Å². The first-order chi connectivity index (χ1) is 13.3. The summed E-state index contributed by atoms with van der Waals surface area (Å²) in [4.78, 5) is 35.6. The predicted molar refractivity (Wildman–Crippen MR) is 107 cm³/mol. The van der Waals surface area contributed by atoms with Crippen LogP contribution in [0, 0.1) is 17.0 Å². The van der Waals surface area contributed by atoms with Crippen LogP contribution in [-0.2, 0) is 6.54 Å². The van der Waals surface area contributed by atoms with Crippen LogP contribution in [-0.4, -0.2) is 15.4 Å². The number of hydrogen-bond donors (Lipinski definition) is 1. The van der Waals surface area contributed by atoms with E-state index < -0.39 is 16.4 Å². The first-order valence-corrected chi connectivity index (χ1v) is 8.73. The fraction of sp³-hybridized carbons (Fsp3) is 0.100. The maximum atomic E-state index is 12.7. The molecular weight excluding hydrogens is 382 g/mol. The van der Waals surface area contributed by atoms with Gasteiger partial charge in [0.15, 0.2) is 0 Å². The average Bonchev–Trinajstić information content (AvgIpc) is 2.65. The highest BCUT2D eigenvalue weighted by Crippen LogP contribution is 2.27. The smallest absolute Gasteiger partial charge is 0.289 e. The third-order valence-electron chi connectivity index (χ3n) is 4.10. The number of halogens is 1. The van der Waals surface area contributed by atoms with Gasteiger partial charge >= 0.3 is 0 Å². The summed E-state index contributed by atoms with van der Waals surface area (Å²) < 4.78 is 1.44. The second kappa shape index (κ2) is 8.06. The van der Waals surface area contributed by atoms with Gasteiger partial charge in [-0.3, -0.25) is 19.7 Å². The number of carbonyl (C=O) groups excluding carboxylic acids is 1. The van der Waals surface area contributed by atoms with Gasteiger partial charge in [-0.2, -0.15) is 0 Å². The van der Waals surface area contributed by atoms with Gasteiger partial charge in [0.25, 0.3) is 17.2 Å². The van der Waals surface area contributed by atoms with E-state index in [-0.39, 0.29) is 22.0 Å². The molecule has 3 aromatic rings. The minimum absolute atomic E-state index is 0.0387. The minimum Gasteiger partial charge on any atom is -0.322 e. The van der Waals surface area contributed by atoms with Crippen LogP contribution in [0.5, 0.6) is 0 Å². The molecular formula is C20H16ClN3O4. The quantitative estimate of drug-likeness (QED) is 0.519. The summed E-state index contributed by atoms with van der Waals surface area (Å²) in [6.45, 7) is 2.29. The zero-order valence-corrected chi connectivity index (χ0v) is 15.6.